The Bertz CT molecular complexity index is 782. The third-order valence-electron chi connectivity index (χ3n) is 4.44. The molecular weight excluding hydrogens is 260 g/mol. The number of H-pyrrole nitrogens is 1. The molecule has 0 saturated carbocycles. The normalized spacial score (nSPS) is 23.0. The summed E-state index contributed by atoms with van der Waals surface area (Å²) in [5.74, 6) is 2.47. The number of aromatic amines is 1. The van der Waals surface area contributed by atoms with Crippen LogP contribution in [0.4, 0.5) is 5.82 Å². The number of aromatic nitrogens is 3. The fraction of sp³-hybridized carbons (Fsp3) is 0.412. The van der Waals surface area contributed by atoms with E-state index in [2.05, 4.69) is 58.0 Å². The molecule has 0 unspecified atom stereocenters. The first-order chi connectivity index (χ1) is 10.2. The monoisotopic (exact) mass is 280 g/mol. The first-order valence-electron chi connectivity index (χ1n) is 7.68. The van der Waals surface area contributed by atoms with Crippen molar-refractivity contribution in [1.82, 2.24) is 15.0 Å². The molecule has 4 nitrogen and oxygen atoms in total. The van der Waals surface area contributed by atoms with Crippen LogP contribution in [-0.2, 0) is 0 Å². The van der Waals surface area contributed by atoms with E-state index in [-0.39, 0.29) is 0 Å². The number of piperidine rings is 1. The van der Waals surface area contributed by atoms with Gasteiger partial charge in [0.2, 0.25) is 0 Å². The van der Waals surface area contributed by atoms with Gasteiger partial charge in [0.15, 0.2) is 5.82 Å². The van der Waals surface area contributed by atoms with E-state index in [0.717, 1.165) is 35.5 Å². The molecule has 0 bridgehead atoms. The summed E-state index contributed by atoms with van der Waals surface area (Å²) in [5.41, 5.74) is 3.23. The van der Waals surface area contributed by atoms with Gasteiger partial charge in [-0.25, -0.2) is 9.97 Å². The van der Waals surface area contributed by atoms with Crippen molar-refractivity contribution in [1.29, 1.82) is 0 Å². The molecule has 3 aromatic rings. The van der Waals surface area contributed by atoms with Gasteiger partial charge in [0.05, 0.1) is 0 Å². The predicted octanol–water partition coefficient (Wildman–Crippen LogP) is 3.59. The van der Waals surface area contributed by atoms with Gasteiger partial charge in [-0.2, -0.15) is 0 Å². The van der Waals surface area contributed by atoms with Gasteiger partial charge >= 0.3 is 0 Å². The first kappa shape index (κ1) is 12.6. The van der Waals surface area contributed by atoms with Gasteiger partial charge in [0.25, 0.3) is 0 Å². The Labute approximate surface area is 124 Å². The lowest BCUT2D eigenvalue weighted by molar-refractivity contribution is 0.356. The number of fused-ring (bicyclic) bond motifs is 3. The standard InChI is InChI=1S/C17H20N4/c1-11-7-12(2)9-21(8-11)17-16-15(18-10-19-17)13-5-3-4-6-14(13)20-16/h3-6,10-12,20H,7-9H2,1-2H3/t11-,12-/m1/s1. The van der Waals surface area contributed by atoms with Gasteiger partial charge in [-0.05, 0) is 24.3 Å². The Hall–Kier alpha value is -2.10. The second-order valence-corrected chi connectivity index (χ2v) is 6.44. The van der Waals surface area contributed by atoms with E-state index in [1.54, 1.807) is 6.33 Å². The summed E-state index contributed by atoms with van der Waals surface area (Å²) >= 11 is 0. The molecule has 2 atom stereocenters. The lowest BCUT2D eigenvalue weighted by Gasteiger charge is -2.35. The Morgan fingerprint density at radius 3 is 2.67 bits per heavy atom. The van der Waals surface area contributed by atoms with E-state index >= 15 is 0 Å². The molecular formula is C17H20N4. The minimum atomic E-state index is 0.711. The molecule has 21 heavy (non-hydrogen) atoms. The minimum Gasteiger partial charge on any atom is -0.354 e. The number of nitrogens with zero attached hydrogens (tertiary/aromatic N) is 3. The van der Waals surface area contributed by atoms with Crippen molar-refractivity contribution >= 4 is 27.8 Å². The predicted molar refractivity (Wildman–Crippen MR) is 86.6 cm³/mol. The third kappa shape index (κ3) is 2.06. The number of para-hydroxylation sites is 1. The van der Waals surface area contributed by atoms with Crippen LogP contribution in [0.3, 0.4) is 0 Å². The zero-order valence-corrected chi connectivity index (χ0v) is 12.5. The maximum Gasteiger partial charge on any atom is 0.156 e. The van der Waals surface area contributed by atoms with E-state index in [9.17, 15) is 0 Å². The van der Waals surface area contributed by atoms with E-state index < -0.39 is 0 Å². The summed E-state index contributed by atoms with van der Waals surface area (Å²) in [4.78, 5) is 15.0. The average molecular weight is 280 g/mol. The summed E-state index contributed by atoms with van der Waals surface area (Å²) < 4.78 is 0. The van der Waals surface area contributed by atoms with Crippen LogP contribution < -0.4 is 4.90 Å². The lowest BCUT2D eigenvalue weighted by atomic mass is 9.92. The highest BCUT2D eigenvalue weighted by Gasteiger charge is 2.25. The highest BCUT2D eigenvalue weighted by molar-refractivity contribution is 6.08. The van der Waals surface area contributed by atoms with E-state index in [1.165, 1.54) is 11.8 Å². The maximum atomic E-state index is 4.58. The van der Waals surface area contributed by atoms with Crippen LogP contribution in [0.2, 0.25) is 0 Å². The van der Waals surface area contributed by atoms with Crippen molar-refractivity contribution in [3.05, 3.63) is 30.6 Å². The van der Waals surface area contributed by atoms with Crippen molar-refractivity contribution in [3.63, 3.8) is 0 Å². The van der Waals surface area contributed by atoms with Crippen LogP contribution in [0, 0.1) is 11.8 Å². The molecule has 1 aliphatic heterocycles. The third-order valence-corrected chi connectivity index (χ3v) is 4.44. The SMILES string of the molecule is C[C@@H]1C[C@@H](C)CN(c2ncnc3c2[nH]c2ccccc23)C1. The molecule has 0 aliphatic carbocycles. The Morgan fingerprint density at radius 1 is 1.10 bits per heavy atom. The quantitative estimate of drug-likeness (QED) is 0.741. The van der Waals surface area contributed by atoms with Gasteiger partial charge in [-0.15, -0.1) is 0 Å². The molecule has 0 spiro atoms. The van der Waals surface area contributed by atoms with Gasteiger partial charge in [-0.3, -0.25) is 0 Å². The van der Waals surface area contributed by atoms with Crippen molar-refractivity contribution in [2.24, 2.45) is 11.8 Å². The zero-order chi connectivity index (χ0) is 14.4. The summed E-state index contributed by atoms with van der Waals surface area (Å²) in [6, 6.07) is 8.33. The van der Waals surface area contributed by atoms with Gasteiger partial charge in [0, 0.05) is 24.0 Å². The molecule has 4 rings (SSSR count). The number of anilines is 1. The summed E-state index contributed by atoms with van der Waals surface area (Å²) in [7, 11) is 0. The van der Waals surface area contributed by atoms with E-state index in [0.29, 0.717) is 11.8 Å². The molecule has 1 aromatic carbocycles. The van der Waals surface area contributed by atoms with Gasteiger partial charge in [-0.1, -0.05) is 32.0 Å². The number of hydrogen-bond donors (Lipinski definition) is 1. The van der Waals surface area contributed by atoms with E-state index in [1.807, 2.05) is 0 Å². The molecule has 0 amide bonds. The van der Waals surface area contributed by atoms with Gasteiger partial charge < -0.3 is 9.88 Å². The zero-order valence-electron chi connectivity index (χ0n) is 12.5. The van der Waals surface area contributed by atoms with Crippen LogP contribution in [0.1, 0.15) is 20.3 Å². The molecule has 4 heteroatoms. The first-order valence-corrected chi connectivity index (χ1v) is 7.68. The van der Waals surface area contributed by atoms with Crippen LogP contribution in [0.25, 0.3) is 21.9 Å². The fourth-order valence-electron chi connectivity index (χ4n) is 3.70. The summed E-state index contributed by atoms with van der Waals surface area (Å²) in [6.07, 6.45) is 3.00. The Balaban J connectivity index is 1.88. The smallest absolute Gasteiger partial charge is 0.156 e. The van der Waals surface area contributed by atoms with E-state index in [4.69, 9.17) is 0 Å². The number of hydrogen-bond acceptors (Lipinski definition) is 3. The lowest BCUT2D eigenvalue weighted by Crippen LogP contribution is -2.39. The van der Waals surface area contributed by atoms with Crippen LogP contribution in [-0.4, -0.2) is 28.0 Å². The number of rotatable bonds is 1. The van der Waals surface area contributed by atoms with Crippen LogP contribution >= 0.6 is 0 Å². The van der Waals surface area contributed by atoms with Crippen molar-refractivity contribution in [2.75, 3.05) is 18.0 Å². The molecule has 1 fully saturated rings. The van der Waals surface area contributed by atoms with Crippen LogP contribution in [0.5, 0.6) is 0 Å². The summed E-state index contributed by atoms with van der Waals surface area (Å²) in [5, 5.41) is 1.18. The van der Waals surface area contributed by atoms with Crippen molar-refractivity contribution in [3.8, 4) is 0 Å². The molecule has 2 aromatic heterocycles. The van der Waals surface area contributed by atoms with Crippen LogP contribution in [0.15, 0.2) is 30.6 Å². The molecule has 3 heterocycles. The van der Waals surface area contributed by atoms with Gasteiger partial charge in [0.1, 0.15) is 17.4 Å². The maximum absolute atomic E-state index is 4.58. The molecule has 1 N–H and O–H groups in total. The van der Waals surface area contributed by atoms with Crippen molar-refractivity contribution < 1.29 is 0 Å². The summed E-state index contributed by atoms with van der Waals surface area (Å²) in [6.45, 7) is 6.80. The molecule has 1 aliphatic rings. The minimum absolute atomic E-state index is 0.711. The topological polar surface area (TPSA) is 44.8 Å². The second kappa shape index (κ2) is 4.72. The highest BCUT2D eigenvalue weighted by atomic mass is 15.2. The Kier molecular flexibility index (Phi) is 2.84. The largest absolute Gasteiger partial charge is 0.354 e. The fourth-order valence-corrected chi connectivity index (χ4v) is 3.70. The second-order valence-electron chi connectivity index (χ2n) is 6.44. The number of nitrogens with one attached hydrogen (secondary N) is 1. The molecule has 1 saturated heterocycles. The number of benzene rings is 1. The molecule has 0 radical (unpaired) electrons. The van der Waals surface area contributed by atoms with Crippen molar-refractivity contribution in [2.45, 2.75) is 20.3 Å². The Morgan fingerprint density at radius 2 is 1.86 bits per heavy atom. The highest BCUT2D eigenvalue weighted by Crippen LogP contribution is 2.32. The average Bonchev–Trinajstić information content (AvgIpc) is 2.84. The molecule has 108 valence electrons.